The average molecular weight is 525 g/mol. The van der Waals surface area contributed by atoms with Crippen LogP contribution in [0.5, 0.6) is 0 Å². The van der Waals surface area contributed by atoms with Crippen LogP contribution in [0.2, 0.25) is 0 Å². The average Bonchev–Trinajstić information content (AvgIpc) is 2.99. The van der Waals surface area contributed by atoms with Crippen molar-refractivity contribution in [1.29, 1.82) is 5.26 Å². The predicted octanol–water partition coefficient (Wildman–Crippen LogP) is 5.74. The molecule has 0 radical (unpaired) electrons. The SMILES string of the molecule is Cc1nc(-c2cccc(-c3ccc(C(N)=O)cc3)c2)c2c(n1)[C@@]1(c3ccccc3)C=C(C#N)C(=O)[C@@H](C)[C@@H]1CC2. The Hall–Kier alpha value is -4.89. The Bertz CT molecular complexity index is 1730. The van der Waals surface area contributed by atoms with Crippen molar-refractivity contribution in [1.82, 2.24) is 9.97 Å². The summed E-state index contributed by atoms with van der Waals surface area (Å²) >= 11 is 0. The molecule has 6 nitrogen and oxygen atoms in total. The Morgan fingerprint density at radius 1 is 0.975 bits per heavy atom. The molecule has 4 aromatic rings. The molecule has 1 aromatic heterocycles. The number of amides is 1. The van der Waals surface area contributed by atoms with Crippen LogP contribution < -0.4 is 5.73 Å². The molecule has 0 bridgehead atoms. The summed E-state index contributed by atoms with van der Waals surface area (Å²) in [6, 6.07) is 27.7. The van der Waals surface area contributed by atoms with Crippen LogP contribution in [0.3, 0.4) is 0 Å². The van der Waals surface area contributed by atoms with Crippen LogP contribution in [0.25, 0.3) is 22.4 Å². The monoisotopic (exact) mass is 524 g/mol. The fourth-order valence-electron chi connectivity index (χ4n) is 6.57. The van der Waals surface area contributed by atoms with Gasteiger partial charge in [0.2, 0.25) is 5.91 Å². The summed E-state index contributed by atoms with van der Waals surface area (Å²) in [6.45, 7) is 3.84. The van der Waals surface area contributed by atoms with E-state index >= 15 is 0 Å². The zero-order valence-corrected chi connectivity index (χ0v) is 22.4. The van der Waals surface area contributed by atoms with E-state index in [4.69, 9.17) is 15.7 Å². The number of hydrogen-bond acceptors (Lipinski definition) is 5. The second-order valence-electron chi connectivity index (χ2n) is 10.7. The summed E-state index contributed by atoms with van der Waals surface area (Å²) < 4.78 is 0. The second kappa shape index (κ2) is 9.69. The van der Waals surface area contributed by atoms with Gasteiger partial charge in [-0.05, 0) is 66.6 Å². The van der Waals surface area contributed by atoms with Gasteiger partial charge in [-0.1, -0.05) is 67.6 Å². The molecule has 6 rings (SSSR count). The Balaban J connectivity index is 1.57. The van der Waals surface area contributed by atoms with E-state index in [1.165, 1.54) is 0 Å². The van der Waals surface area contributed by atoms with Crippen molar-refractivity contribution in [2.24, 2.45) is 17.6 Å². The van der Waals surface area contributed by atoms with Crippen molar-refractivity contribution in [3.63, 3.8) is 0 Å². The van der Waals surface area contributed by atoms with Crippen molar-refractivity contribution in [3.8, 4) is 28.5 Å². The second-order valence-corrected chi connectivity index (χ2v) is 10.7. The van der Waals surface area contributed by atoms with Gasteiger partial charge in [-0.2, -0.15) is 5.26 Å². The number of Topliss-reactive ketones (excluding diaryl/α,β-unsaturated/α-hetero) is 1. The number of aromatic nitrogens is 2. The Labute approximate surface area is 233 Å². The number of nitrogens with zero attached hydrogens (tertiary/aromatic N) is 3. The largest absolute Gasteiger partial charge is 0.366 e. The van der Waals surface area contributed by atoms with Gasteiger partial charge >= 0.3 is 0 Å². The third-order valence-electron chi connectivity index (χ3n) is 8.47. The van der Waals surface area contributed by atoms with Gasteiger partial charge in [0, 0.05) is 22.6 Å². The van der Waals surface area contributed by atoms with Gasteiger partial charge in [-0.15, -0.1) is 0 Å². The van der Waals surface area contributed by atoms with E-state index in [0.717, 1.165) is 52.0 Å². The molecule has 1 amide bonds. The number of aryl methyl sites for hydroxylation is 1. The molecule has 3 atom stereocenters. The van der Waals surface area contributed by atoms with E-state index in [0.29, 0.717) is 11.4 Å². The van der Waals surface area contributed by atoms with E-state index in [9.17, 15) is 14.9 Å². The number of carbonyl (C=O) groups excluding carboxylic acids is 2. The lowest BCUT2D eigenvalue weighted by molar-refractivity contribution is -0.121. The normalized spacial score (nSPS) is 21.5. The Morgan fingerprint density at radius 3 is 2.40 bits per heavy atom. The van der Waals surface area contributed by atoms with Crippen LogP contribution in [0.4, 0.5) is 0 Å². The topological polar surface area (TPSA) is 110 Å². The summed E-state index contributed by atoms with van der Waals surface area (Å²) in [5.41, 5.74) is 12.1. The first-order valence-electron chi connectivity index (χ1n) is 13.4. The number of nitrogens with two attached hydrogens (primary N) is 1. The third kappa shape index (κ3) is 3.94. The van der Waals surface area contributed by atoms with Gasteiger partial charge in [0.25, 0.3) is 0 Å². The minimum absolute atomic E-state index is 0.0238. The first kappa shape index (κ1) is 25.4. The summed E-state index contributed by atoms with van der Waals surface area (Å²) in [7, 11) is 0. The molecule has 0 saturated heterocycles. The molecule has 2 N–H and O–H groups in total. The van der Waals surface area contributed by atoms with Crippen molar-refractivity contribution < 1.29 is 9.59 Å². The number of rotatable bonds is 4. The van der Waals surface area contributed by atoms with Crippen LogP contribution in [0.1, 0.15) is 46.3 Å². The smallest absolute Gasteiger partial charge is 0.248 e. The molecular formula is C34H28N4O2. The molecule has 1 heterocycles. The molecule has 6 heteroatoms. The van der Waals surface area contributed by atoms with Crippen LogP contribution in [-0.4, -0.2) is 21.7 Å². The Morgan fingerprint density at radius 2 is 1.70 bits per heavy atom. The summed E-state index contributed by atoms with van der Waals surface area (Å²) in [6.07, 6.45) is 3.38. The van der Waals surface area contributed by atoms with E-state index in [-0.39, 0.29) is 23.2 Å². The number of carbonyl (C=O) groups is 2. The first-order chi connectivity index (χ1) is 19.3. The van der Waals surface area contributed by atoms with Gasteiger partial charge in [0.05, 0.1) is 22.4 Å². The predicted molar refractivity (Wildman–Crippen MR) is 153 cm³/mol. The molecule has 0 spiro atoms. The van der Waals surface area contributed by atoms with Gasteiger partial charge in [0.15, 0.2) is 5.78 Å². The highest BCUT2D eigenvalue weighted by molar-refractivity contribution is 6.02. The molecule has 0 saturated carbocycles. The van der Waals surface area contributed by atoms with Gasteiger partial charge in [-0.25, -0.2) is 9.97 Å². The number of primary amides is 1. The first-order valence-corrected chi connectivity index (χ1v) is 13.4. The summed E-state index contributed by atoms with van der Waals surface area (Å²) in [5.74, 6) is -0.245. The van der Waals surface area contributed by atoms with Crippen LogP contribution in [0, 0.1) is 30.1 Å². The highest BCUT2D eigenvalue weighted by Crippen LogP contribution is 2.54. The standard InChI is InChI=1S/C34H28N4O2/c1-20-29-16-15-28-30(25-8-6-7-24(17-25)22-11-13-23(14-12-22)33(36)40)37-21(2)38-32(28)34(29,18-26(19-35)31(20)39)27-9-4-3-5-10-27/h3-14,17-18,20,29H,15-16H2,1-2H3,(H2,36,40)/t20-,29-,34+/m0/s1. The fourth-order valence-corrected chi connectivity index (χ4v) is 6.57. The maximum atomic E-state index is 13.1. The summed E-state index contributed by atoms with van der Waals surface area (Å²) in [4.78, 5) is 34.7. The van der Waals surface area contributed by atoms with E-state index < -0.39 is 11.3 Å². The maximum Gasteiger partial charge on any atom is 0.248 e. The van der Waals surface area contributed by atoms with Gasteiger partial charge < -0.3 is 5.73 Å². The zero-order chi connectivity index (χ0) is 28.0. The molecule has 0 fully saturated rings. The number of fused-ring (bicyclic) bond motifs is 3. The molecule has 196 valence electrons. The lowest BCUT2D eigenvalue weighted by atomic mass is 9.54. The molecular weight excluding hydrogens is 496 g/mol. The van der Waals surface area contributed by atoms with Gasteiger partial charge in [-0.3, -0.25) is 9.59 Å². The quantitative estimate of drug-likeness (QED) is 0.366. The molecule has 2 aliphatic rings. The number of nitriles is 1. The van der Waals surface area contributed by atoms with E-state index in [2.05, 4.69) is 24.3 Å². The van der Waals surface area contributed by atoms with E-state index in [1.54, 1.807) is 12.1 Å². The third-order valence-corrected chi connectivity index (χ3v) is 8.47. The fraction of sp³-hybridized carbons (Fsp3) is 0.206. The van der Waals surface area contributed by atoms with Crippen molar-refractivity contribution in [3.05, 3.63) is 119 Å². The van der Waals surface area contributed by atoms with Crippen molar-refractivity contribution >= 4 is 11.7 Å². The minimum Gasteiger partial charge on any atom is -0.366 e. The highest BCUT2D eigenvalue weighted by Gasteiger charge is 2.53. The summed E-state index contributed by atoms with van der Waals surface area (Å²) in [5, 5.41) is 9.95. The maximum absolute atomic E-state index is 13.1. The molecule has 0 unspecified atom stereocenters. The molecule has 40 heavy (non-hydrogen) atoms. The number of ketones is 1. The van der Waals surface area contributed by atoms with Gasteiger partial charge in [0.1, 0.15) is 11.9 Å². The number of hydrogen-bond donors (Lipinski definition) is 1. The Kier molecular flexibility index (Phi) is 6.15. The number of benzene rings is 3. The highest BCUT2D eigenvalue weighted by atomic mass is 16.1. The minimum atomic E-state index is -0.710. The molecule has 2 aliphatic carbocycles. The lowest BCUT2D eigenvalue weighted by Gasteiger charge is -2.48. The van der Waals surface area contributed by atoms with Crippen molar-refractivity contribution in [2.45, 2.75) is 32.1 Å². The number of allylic oxidation sites excluding steroid dienone is 2. The molecule has 0 aliphatic heterocycles. The van der Waals surface area contributed by atoms with Crippen LogP contribution in [-0.2, 0) is 16.6 Å². The van der Waals surface area contributed by atoms with Crippen LogP contribution in [0.15, 0.2) is 90.5 Å². The zero-order valence-electron chi connectivity index (χ0n) is 22.4. The lowest BCUT2D eigenvalue weighted by Crippen LogP contribution is -2.48. The van der Waals surface area contributed by atoms with E-state index in [1.807, 2.05) is 68.5 Å². The van der Waals surface area contributed by atoms with Crippen molar-refractivity contribution in [2.75, 3.05) is 0 Å². The van der Waals surface area contributed by atoms with Crippen LogP contribution >= 0.6 is 0 Å². The molecule has 3 aromatic carbocycles.